The molecule has 0 saturated carbocycles. The summed E-state index contributed by atoms with van der Waals surface area (Å²) in [5, 5.41) is 14.6. The summed E-state index contributed by atoms with van der Waals surface area (Å²) in [6.45, 7) is 7.91. The quantitative estimate of drug-likeness (QED) is 0.511. The first kappa shape index (κ1) is 19.4. The van der Waals surface area contributed by atoms with Crippen molar-refractivity contribution >= 4 is 23.9 Å². The fourth-order valence-corrected chi connectivity index (χ4v) is 3.07. The van der Waals surface area contributed by atoms with Gasteiger partial charge in [-0.2, -0.15) is 0 Å². The first-order chi connectivity index (χ1) is 10.8. The number of ether oxygens (including phenoxy) is 1. The Morgan fingerprint density at radius 1 is 1.43 bits per heavy atom. The molecule has 0 unspecified atom stereocenters. The second-order valence-electron chi connectivity index (χ2n) is 5.99. The highest BCUT2D eigenvalue weighted by Crippen LogP contribution is 2.34. The number of rotatable bonds is 4. The van der Waals surface area contributed by atoms with Gasteiger partial charge in [0.2, 0.25) is 0 Å². The van der Waals surface area contributed by atoms with Crippen molar-refractivity contribution in [3.8, 4) is 0 Å². The summed E-state index contributed by atoms with van der Waals surface area (Å²) in [7, 11) is 0. The van der Waals surface area contributed by atoms with Crippen LogP contribution in [0.3, 0.4) is 0 Å². The number of pyridine rings is 1. The van der Waals surface area contributed by atoms with Crippen molar-refractivity contribution < 1.29 is 14.5 Å². The molecule has 2 rings (SSSR count). The van der Waals surface area contributed by atoms with Crippen molar-refractivity contribution in [3.05, 3.63) is 28.6 Å². The zero-order valence-electron chi connectivity index (χ0n) is 13.7. The van der Waals surface area contributed by atoms with Gasteiger partial charge in [0.15, 0.2) is 0 Å². The Labute approximate surface area is 140 Å². The van der Waals surface area contributed by atoms with Crippen LogP contribution in [0.25, 0.3) is 0 Å². The van der Waals surface area contributed by atoms with Crippen LogP contribution in [-0.4, -0.2) is 40.3 Å². The second kappa shape index (κ2) is 9.46. The lowest BCUT2D eigenvalue weighted by Crippen LogP contribution is -2.29. The molecule has 7 nitrogen and oxygen atoms in total. The number of nitrogens with zero attached hydrogens (tertiary/aromatic N) is 2. The van der Waals surface area contributed by atoms with Gasteiger partial charge in [-0.15, -0.1) is 11.8 Å². The van der Waals surface area contributed by atoms with E-state index in [4.69, 9.17) is 0 Å². The molecule has 0 amide bonds. The summed E-state index contributed by atoms with van der Waals surface area (Å²) in [6.07, 6.45) is 5.05. The molecule has 1 saturated heterocycles. The van der Waals surface area contributed by atoms with E-state index in [1.165, 1.54) is 6.20 Å². The van der Waals surface area contributed by atoms with Gasteiger partial charge in [-0.25, -0.2) is 0 Å². The minimum absolute atomic E-state index is 0.117. The Kier molecular flexibility index (Phi) is 7.97. The smallest absolute Gasteiger partial charge is 0.300 e. The molecule has 1 fully saturated rings. The summed E-state index contributed by atoms with van der Waals surface area (Å²) in [6, 6.07) is 1.73. The Balaban J connectivity index is 0.000000322. The largest absolute Gasteiger partial charge is 0.462 e. The Hall–Kier alpha value is -1.67. The molecule has 1 aromatic rings. The molecule has 1 aliphatic heterocycles. The Morgan fingerprint density at radius 2 is 2.09 bits per heavy atom. The third-order valence-electron chi connectivity index (χ3n) is 2.94. The fraction of sp³-hybridized carbons (Fsp3) is 0.600. The van der Waals surface area contributed by atoms with Crippen LogP contribution in [0.1, 0.15) is 33.6 Å². The molecule has 8 heteroatoms. The lowest BCUT2D eigenvalue weighted by atomic mass is 10.2. The average molecular weight is 341 g/mol. The van der Waals surface area contributed by atoms with Gasteiger partial charge in [0, 0.05) is 11.4 Å². The zero-order chi connectivity index (χ0) is 17.3. The number of hydrogen-bond acceptors (Lipinski definition) is 7. The van der Waals surface area contributed by atoms with E-state index in [1.54, 1.807) is 24.0 Å². The highest BCUT2D eigenvalue weighted by molar-refractivity contribution is 8.00. The van der Waals surface area contributed by atoms with Crippen molar-refractivity contribution in [2.75, 3.05) is 13.1 Å². The van der Waals surface area contributed by atoms with E-state index in [-0.39, 0.29) is 16.2 Å². The molecule has 0 aromatic carbocycles. The minimum Gasteiger partial charge on any atom is -0.462 e. The number of carbonyl (C=O) groups excluding carboxylic acids is 1. The lowest BCUT2D eigenvalue weighted by Gasteiger charge is -2.21. The zero-order valence-corrected chi connectivity index (χ0v) is 14.5. The predicted molar refractivity (Wildman–Crippen MR) is 89.5 cm³/mol. The highest BCUT2D eigenvalue weighted by Gasteiger charge is 2.20. The van der Waals surface area contributed by atoms with Gasteiger partial charge in [0.05, 0.1) is 9.82 Å². The Bertz CT molecular complexity index is 514. The van der Waals surface area contributed by atoms with E-state index in [1.807, 2.05) is 20.8 Å². The van der Waals surface area contributed by atoms with Gasteiger partial charge in [0.25, 0.3) is 6.47 Å². The number of nitro groups is 1. The van der Waals surface area contributed by atoms with E-state index in [2.05, 4.69) is 15.0 Å². The lowest BCUT2D eigenvalue weighted by molar-refractivity contribution is -0.388. The molecule has 0 spiro atoms. The van der Waals surface area contributed by atoms with Gasteiger partial charge in [-0.1, -0.05) is 0 Å². The highest BCUT2D eigenvalue weighted by atomic mass is 32.2. The summed E-state index contributed by atoms with van der Waals surface area (Å²) >= 11 is 1.60. The van der Waals surface area contributed by atoms with Gasteiger partial charge in [-0.3, -0.25) is 19.9 Å². The third kappa shape index (κ3) is 7.94. The standard InChI is InChI=1S/C10H13N3O2S.C5H10O2/c14-13(15)9-7-12-6-3-10(9)16-8-1-4-11-5-2-8;1-5(2,3)7-4-6/h3,6-8,11H,1-2,4-5H2;4H,1-3H3. The molecular weight excluding hydrogens is 318 g/mol. The van der Waals surface area contributed by atoms with E-state index in [0.717, 1.165) is 30.8 Å². The van der Waals surface area contributed by atoms with Gasteiger partial charge in [-0.05, 0) is 52.8 Å². The van der Waals surface area contributed by atoms with Crippen molar-refractivity contribution in [1.82, 2.24) is 10.3 Å². The molecule has 2 heterocycles. The maximum absolute atomic E-state index is 10.8. The summed E-state index contributed by atoms with van der Waals surface area (Å²) in [5.41, 5.74) is -0.201. The first-order valence-corrected chi connectivity index (χ1v) is 8.28. The monoisotopic (exact) mass is 341 g/mol. The van der Waals surface area contributed by atoms with Gasteiger partial charge < -0.3 is 10.1 Å². The second-order valence-corrected chi connectivity index (χ2v) is 7.34. The van der Waals surface area contributed by atoms with E-state index < -0.39 is 0 Å². The van der Waals surface area contributed by atoms with Crippen LogP contribution in [0.15, 0.2) is 23.4 Å². The number of hydrogen-bond donors (Lipinski definition) is 1. The topological polar surface area (TPSA) is 94.4 Å². The van der Waals surface area contributed by atoms with Crippen LogP contribution < -0.4 is 5.32 Å². The number of aromatic nitrogens is 1. The molecule has 0 radical (unpaired) electrons. The maximum atomic E-state index is 10.8. The molecule has 0 aliphatic carbocycles. The predicted octanol–water partition coefficient (Wildman–Crippen LogP) is 2.79. The van der Waals surface area contributed by atoms with Crippen LogP contribution in [0.5, 0.6) is 0 Å². The summed E-state index contributed by atoms with van der Waals surface area (Å²) < 4.78 is 4.55. The third-order valence-corrected chi connectivity index (χ3v) is 4.34. The molecule has 1 aliphatic rings. The minimum atomic E-state index is -0.365. The van der Waals surface area contributed by atoms with Gasteiger partial charge in [0.1, 0.15) is 11.8 Å². The van der Waals surface area contributed by atoms with Crippen LogP contribution in [0, 0.1) is 10.1 Å². The summed E-state index contributed by atoms with van der Waals surface area (Å²) in [4.78, 5) is 24.6. The maximum Gasteiger partial charge on any atom is 0.300 e. The molecule has 23 heavy (non-hydrogen) atoms. The van der Waals surface area contributed by atoms with Crippen molar-refractivity contribution in [2.24, 2.45) is 0 Å². The fourth-order valence-electron chi connectivity index (χ4n) is 1.85. The van der Waals surface area contributed by atoms with Crippen LogP contribution in [-0.2, 0) is 9.53 Å². The Morgan fingerprint density at radius 3 is 2.57 bits per heavy atom. The molecule has 128 valence electrons. The summed E-state index contributed by atoms with van der Waals surface area (Å²) in [5.74, 6) is 0. The van der Waals surface area contributed by atoms with Crippen molar-refractivity contribution in [3.63, 3.8) is 0 Å². The number of thioether (sulfide) groups is 1. The number of piperidine rings is 1. The van der Waals surface area contributed by atoms with Crippen LogP contribution >= 0.6 is 11.8 Å². The van der Waals surface area contributed by atoms with Crippen molar-refractivity contribution in [2.45, 2.75) is 49.4 Å². The van der Waals surface area contributed by atoms with E-state index in [0.29, 0.717) is 11.7 Å². The molecule has 1 aromatic heterocycles. The van der Waals surface area contributed by atoms with E-state index in [9.17, 15) is 14.9 Å². The molecule has 0 atom stereocenters. The normalized spacial score (nSPS) is 15.3. The average Bonchev–Trinajstić information content (AvgIpc) is 2.48. The van der Waals surface area contributed by atoms with Gasteiger partial charge >= 0.3 is 5.69 Å². The molecule has 1 N–H and O–H groups in total. The van der Waals surface area contributed by atoms with Crippen molar-refractivity contribution in [1.29, 1.82) is 0 Å². The van der Waals surface area contributed by atoms with E-state index >= 15 is 0 Å². The van der Waals surface area contributed by atoms with Crippen LogP contribution in [0.2, 0.25) is 0 Å². The SMILES string of the molecule is CC(C)(C)OC=O.O=[N+]([O-])c1cnccc1SC1CCNCC1. The van der Waals surface area contributed by atoms with Crippen LogP contribution in [0.4, 0.5) is 5.69 Å². The molecular formula is C15H23N3O4S. The number of nitrogens with one attached hydrogen (secondary N) is 1. The first-order valence-electron chi connectivity index (χ1n) is 7.40. The molecule has 0 bridgehead atoms. The number of carbonyl (C=O) groups is 1.